The molecule has 0 heterocycles. The molecule has 0 bridgehead atoms. The van der Waals surface area contributed by atoms with E-state index in [0.29, 0.717) is 5.57 Å². The van der Waals surface area contributed by atoms with Gasteiger partial charge in [0.25, 0.3) is 0 Å². The molecule has 0 aromatic heterocycles. The van der Waals surface area contributed by atoms with Crippen LogP contribution in [-0.4, -0.2) is 24.4 Å². The molecule has 0 N–H and O–H groups in total. The Labute approximate surface area is 168 Å². The van der Waals surface area contributed by atoms with Crippen LogP contribution in [0.1, 0.15) is 90.9 Å². The lowest BCUT2D eigenvalue weighted by molar-refractivity contribution is -0.125. The first-order chi connectivity index (χ1) is 13.0. The molecule has 2 aliphatic rings. The zero-order chi connectivity index (χ0) is 19.6. The van der Waals surface area contributed by atoms with Crippen molar-refractivity contribution in [1.82, 2.24) is 4.90 Å². The molecule has 2 heteroatoms. The molecule has 0 atom stereocenters. The van der Waals surface area contributed by atoms with Crippen molar-refractivity contribution < 1.29 is 4.79 Å². The van der Waals surface area contributed by atoms with Crippen molar-refractivity contribution in [3.05, 3.63) is 24.3 Å². The molecule has 0 spiro atoms. The highest BCUT2D eigenvalue weighted by Gasteiger charge is 2.30. The van der Waals surface area contributed by atoms with Crippen LogP contribution in [0.2, 0.25) is 0 Å². The fourth-order valence-corrected chi connectivity index (χ4v) is 5.44. The van der Waals surface area contributed by atoms with E-state index in [0.717, 1.165) is 36.6 Å². The van der Waals surface area contributed by atoms with Crippen molar-refractivity contribution in [2.45, 2.75) is 90.9 Å². The van der Waals surface area contributed by atoms with Crippen molar-refractivity contribution in [1.29, 1.82) is 0 Å². The summed E-state index contributed by atoms with van der Waals surface area (Å²) in [6.07, 6.45) is 21.3. The Morgan fingerprint density at radius 1 is 0.963 bits per heavy atom. The minimum absolute atomic E-state index is 0.0972. The minimum Gasteiger partial charge on any atom is -0.342 e. The predicted molar refractivity (Wildman–Crippen MR) is 117 cm³/mol. The fraction of sp³-hybridized carbons (Fsp3) is 0.800. The summed E-state index contributed by atoms with van der Waals surface area (Å²) in [4.78, 5) is 13.7. The molecule has 0 saturated heterocycles. The second-order valence-electron chi connectivity index (χ2n) is 9.36. The highest BCUT2D eigenvalue weighted by atomic mass is 16.2. The molecule has 2 fully saturated rings. The quantitative estimate of drug-likeness (QED) is 0.322. The van der Waals surface area contributed by atoms with E-state index < -0.39 is 0 Å². The van der Waals surface area contributed by atoms with Gasteiger partial charge in [0.2, 0.25) is 5.91 Å². The van der Waals surface area contributed by atoms with Crippen LogP contribution >= 0.6 is 0 Å². The van der Waals surface area contributed by atoms with Crippen molar-refractivity contribution >= 4 is 5.91 Å². The minimum atomic E-state index is 0.0972. The summed E-state index contributed by atoms with van der Waals surface area (Å²) in [6.45, 7) is 8.57. The number of hydrogen-bond acceptors (Lipinski definition) is 1. The van der Waals surface area contributed by atoms with Gasteiger partial charge in [-0.2, -0.15) is 0 Å². The van der Waals surface area contributed by atoms with Gasteiger partial charge in [0.1, 0.15) is 0 Å². The van der Waals surface area contributed by atoms with Gasteiger partial charge in [0.05, 0.1) is 0 Å². The van der Waals surface area contributed by atoms with Crippen LogP contribution in [0.5, 0.6) is 0 Å². The highest BCUT2D eigenvalue weighted by Crippen LogP contribution is 2.42. The largest absolute Gasteiger partial charge is 0.342 e. The third-order valence-electron chi connectivity index (χ3n) is 7.24. The molecular weight excluding hydrogens is 330 g/mol. The van der Waals surface area contributed by atoms with Gasteiger partial charge >= 0.3 is 0 Å². The molecule has 2 rings (SSSR count). The molecule has 2 nitrogen and oxygen atoms in total. The van der Waals surface area contributed by atoms with E-state index >= 15 is 0 Å². The molecule has 0 unspecified atom stereocenters. The van der Waals surface area contributed by atoms with E-state index in [9.17, 15) is 4.79 Å². The summed E-state index contributed by atoms with van der Waals surface area (Å²) in [5.74, 6) is 4.01. The fourth-order valence-electron chi connectivity index (χ4n) is 5.44. The zero-order valence-corrected chi connectivity index (χ0v) is 18.2. The van der Waals surface area contributed by atoms with Crippen LogP contribution in [0.25, 0.3) is 0 Å². The van der Waals surface area contributed by atoms with Gasteiger partial charge in [0, 0.05) is 19.2 Å². The third-order valence-corrected chi connectivity index (χ3v) is 7.24. The molecule has 2 saturated carbocycles. The Kier molecular flexibility index (Phi) is 9.65. The summed E-state index contributed by atoms with van der Waals surface area (Å²) in [5, 5.41) is 0. The number of hydrogen-bond donors (Lipinski definition) is 0. The molecule has 2 aliphatic carbocycles. The first kappa shape index (κ1) is 22.2. The Balaban J connectivity index is 1.59. The maximum atomic E-state index is 11.9. The smallest absolute Gasteiger partial charge is 0.248 e. The molecule has 154 valence electrons. The Hall–Kier alpha value is -1.05. The maximum Gasteiger partial charge on any atom is 0.248 e. The number of rotatable bonds is 9. The monoisotopic (exact) mass is 373 g/mol. The Morgan fingerprint density at radius 3 is 1.96 bits per heavy atom. The van der Waals surface area contributed by atoms with E-state index in [1.807, 2.05) is 11.9 Å². The number of likely N-dealkylation sites (N-methyl/N-ethyl adjacent to an activating group) is 1. The topological polar surface area (TPSA) is 20.3 Å². The zero-order valence-electron chi connectivity index (χ0n) is 18.2. The van der Waals surface area contributed by atoms with E-state index in [-0.39, 0.29) is 5.91 Å². The van der Waals surface area contributed by atoms with Gasteiger partial charge in [-0.25, -0.2) is 0 Å². The van der Waals surface area contributed by atoms with Gasteiger partial charge in [-0.15, -0.1) is 0 Å². The van der Waals surface area contributed by atoms with Crippen molar-refractivity contribution in [2.24, 2.45) is 23.7 Å². The number of amides is 1. The number of nitrogens with zero attached hydrogens (tertiary/aromatic N) is 1. The van der Waals surface area contributed by atoms with Crippen molar-refractivity contribution in [2.75, 3.05) is 13.6 Å². The van der Waals surface area contributed by atoms with Crippen LogP contribution in [0.4, 0.5) is 0 Å². The molecular formula is C25H43NO. The van der Waals surface area contributed by atoms with Gasteiger partial charge in [-0.3, -0.25) is 4.79 Å². The van der Waals surface area contributed by atoms with Gasteiger partial charge < -0.3 is 4.90 Å². The molecule has 0 aromatic carbocycles. The summed E-state index contributed by atoms with van der Waals surface area (Å²) in [7, 11) is 1.91. The summed E-state index contributed by atoms with van der Waals surface area (Å²) < 4.78 is 0. The van der Waals surface area contributed by atoms with Crippen LogP contribution in [0.15, 0.2) is 24.3 Å². The predicted octanol–water partition coefficient (Wildman–Crippen LogP) is 6.77. The van der Waals surface area contributed by atoms with Crippen LogP contribution in [0, 0.1) is 23.7 Å². The summed E-state index contributed by atoms with van der Waals surface area (Å²) in [5.41, 5.74) is 0.648. The molecule has 27 heavy (non-hydrogen) atoms. The molecule has 0 aromatic rings. The standard InChI is InChI=1S/C25H43NO/c1-5-6-7-9-21-11-15-23(16-12-21)24-17-13-22(14-18-24)10-8-19-26(4)25(27)20(2)3/h5-6,21-24H,2,7-19H2,1,3-4H3/b6-5+. The van der Waals surface area contributed by atoms with E-state index in [4.69, 9.17) is 0 Å². The van der Waals surface area contributed by atoms with Crippen LogP contribution < -0.4 is 0 Å². The average molecular weight is 374 g/mol. The second kappa shape index (κ2) is 11.7. The average Bonchev–Trinajstić information content (AvgIpc) is 2.68. The lowest BCUT2D eigenvalue weighted by atomic mass is 9.68. The van der Waals surface area contributed by atoms with Gasteiger partial charge in [-0.05, 0) is 88.9 Å². The first-order valence-electron chi connectivity index (χ1n) is 11.5. The lowest BCUT2D eigenvalue weighted by Crippen LogP contribution is -2.29. The number of carbonyl (C=O) groups excluding carboxylic acids is 1. The van der Waals surface area contributed by atoms with Gasteiger partial charge in [-0.1, -0.05) is 44.4 Å². The summed E-state index contributed by atoms with van der Waals surface area (Å²) in [6, 6.07) is 0. The third kappa shape index (κ3) is 7.47. The van der Waals surface area contributed by atoms with Crippen LogP contribution in [0.3, 0.4) is 0 Å². The van der Waals surface area contributed by atoms with E-state index in [1.165, 1.54) is 70.6 Å². The second-order valence-corrected chi connectivity index (χ2v) is 9.36. The molecule has 0 radical (unpaired) electrons. The number of allylic oxidation sites excluding steroid dienone is 2. The van der Waals surface area contributed by atoms with Crippen LogP contribution in [-0.2, 0) is 4.79 Å². The molecule has 0 aliphatic heterocycles. The Morgan fingerprint density at radius 2 is 1.48 bits per heavy atom. The molecule has 1 amide bonds. The first-order valence-corrected chi connectivity index (χ1v) is 11.5. The number of carbonyl (C=O) groups is 1. The lowest BCUT2D eigenvalue weighted by Gasteiger charge is -2.38. The SMILES string of the molecule is C=C(C)C(=O)N(C)CCCC1CCC(C2CCC(CC/C=C/C)CC2)CC1. The van der Waals surface area contributed by atoms with E-state index in [1.54, 1.807) is 6.92 Å². The van der Waals surface area contributed by atoms with E-state index in [2.05, 4.69) is 25.7 Å². The van der Waals surface area contributed by atoms with Gasteiger partial charge in [0.15, 0.2) is 0 Å². The maximum absolute atomic E-state index is 11.9. The van der Waals surface area contributed by atoms with Crippen molar-refractivity contribution in [3.8, 4) is 0 Å². The Bertz CT molecular complexity index is 479. The normalized spacial score (nSPS) is 29.0. The van der Waals surface area contributed by atoms with Crippen molar-refractivity contribution in [3.63, 3.8) is 0 Å². The summed E-state index contributed by atoms with van der Waals surface area (Å²) >= 11 is 0. The highest BCUT2D eigenvalue weighted by molar-refractivity contribution is 5.91.